The average Bonchev–Trinajstić information content (AvgIpc) is 3.21. The molecule has 2 aromatic carbocycles. The van der Waals surface area contributed by atoms with Crippen molar-refractivity contribution in [2.45, 2.75) is 57.6 Å². The van der Waals surface area contributed by atoms with E-state index in [2.05, 4.69) is 5.32 Å². The maximum Gasteiger partial charge on any atom is 0.336 e. The second kappa shape index (κ2) is 9.13. The lowest BCUT2D eigenvalue weighted by atomic mass is 9.80. The molecule has 150 valence electrons. The summed E-state index contributed by atoms with van der Waals surface area (Å²) in [6, 6.07) is 17.7. The number of hydrogen-bond donors (Lipinski definition) is 1. The SMILES string of the molecule is COc1ccc(N[C@](CC2CCCC2)(C(=O)OC(C)C)c2ccccc2)cc1. The molecule has 0 radical (unpaired) electrons. The molecular weight excluding hydrogens is 350 g/mol. The number of carbonyl (C=O) groups excluding carboxylic acids is 1. The van der Waals surface area contributed by atoms with Crippen molar-refractivity contribution in [1.82, 2.24) is 0 Å². The van der Waals surface area contributed by atoms with Gasteiger partial charge in [-0.05, 0) is 56.0 Å². The van der Waals surface area contributed by atoms with E-state index in [0.717, 1.165) is 36.3 Å². The van der Waals surface area contributed by atoms with Crippen LogP contribution in [0.1, 0.15) is 51.5 Å². The van der Waals surface area contributed by atoms with Crippen molar-refractivity contribution in [3.8, 4) is 5.75 Å². The maximum absolute atomic E-state index is 13.5. The number of anilines is 1. The fourth-order valence-electron chi connectivity index (χ4n) is 4.10. The average molecular weight is 382 g/mol. The number of rotatable bonds is 8. The van der Waals surface area contributed by atoms with Crippen LogP contribution in [0.2, 0.25) is 0 Å². The number of ether oxygens (including phenoxy) is 2. The molecule has 0 aromatic heterocycles. The molecule has 0 saturated heterocycles. The fraction of sp³-hybridized carbons (Fsp3) is 0.458. The van der Waals surface area contributed by atoms with Crippen LogP contribution < -0.4 is 10.1 Å². The summed E-state index contributed by atoms with van der Waals surface area (Å²) in [4.78, 5) is 13.5. The van der Waals surface area contributed by atoms with Crippen molar-refractivity contribution in [3.05, 3.63) is 60.2 Å². The van der Waals surface area contributed by atoms with Gasteiger partial charge in [0.05, 0.1) is 13.2 Å². The summed E-state index contributed by atoms with van der Waals surface area (Å²) in [5.41, 5.74) is 0.918. The van der Waals surface area contributed by atoms with Crippen molar-refractivity contribution in [2.24, 2.45) is 5.92 Å². The third kappa shape index (κ3) is 4.67. The minimum absolute atomic E-state index is 0.170. The van der Waals surface area contributed by atoms with Gasteiger partial charge in [0.1, 0.15) is 5.75 Å². The van der Waals surface area contributed by atoms with E-state index in [9.17, 15) is 4.79 Å². The molecule has 2 aromatic rings. The van der Waals surface area contributed by atoms with Gasteiger partial charge in [0.2, 0.25) is 0 Å². The van der Waals surface area contributed by atoms with E-state index >= 15 is 0 Å². The molecule has 28 heavy (non-hydrogen) atoms. The Labute approximate surface area is 168 Å². The Balaban J connectivity index is 2.02. The Hall–Kier alpha value is -2.49. The normalized spacial score (nSPS) is 16.6. The van der Waals surface area contributed by atoms with E-state index in [1.54, 1.807) is 7.11 Å². The molecule has 1 N–H and O–H groups in total. The summed E-state index contributed by atoms with van der Waals surface area (Å²) in [6.45, 7) is 3.80. The summed E-state index contributed by atoms with van der Waals surface area (Å²) < 4.78 is 11.0. The molecule has 1 fully saturated rings. The minimum Gasteiger partial charge on any atom is -0.497 e. The van der Waals surface area contributed by atoms with E-state index in [4.69, 9.17) is 9.47 Å². The van der Waals surface area contributed by atoms with Gasteiger partial charge in [0.15, 0.2) is 5.54 Å². The second-order valence-electron chi connectivity index (χ2n) is 7.93. The van der Waals surface area contributed by atoms with Crippen LogP contribution in [0.5, 0.6) is 5.75 Å². The highest BCUT2D eigenvalue weighted by Crippen LogP contribution is 2.40. The van der Waals surface area contributed by atoms with E-state index < -0.39 is 5.54 Å². The van der Waals surface area contributed by atoms with Gasteiger partial charge >= 0.3 is 5.97 Å². The van der Waals surface area contributed by atoms with Gasteiger partial charge < -0.3 is 14.8 Å². The largest absolute Gasteiger partial charge is 0.497 e. The highest BCUT2D eigenvalue weighted by molar-refractivity contribution is 5.86. The molecule has 1 atom stereocenters. The highest BCUT2D eigenvalue weighted by Gasteiger charge is 2.44. The predicted molar refractivity (Wildman–Crippen MR) is 113 cm³/mol. The Morgan fingerprint density at radius 2 is 1.71 bits per heavy atom. The first-order chi connectivity index (χ1) is 13.5. The van der Waals surface area contributed by atoms with E-state index in [0.29, 0.717) is 5.92 Å². The predicted octanol–water partition coefficient (Wildman–Crippen LogP) is 5.53. The van der Waals surface area contributed by atoms with Gasteiger partial charge in [-0.15, -0.1) is 0 Å². The molecular formula is C24H31NO3. The van der Waals surface area contributed by atoms with E-state index in [1.807, 2.05) is 68.4 Å². The van der Waals surface area contributed by atoms with Gasteiger partial charge in [-0.3, -0.25) is 0 Å². The summed E-state index contributed by atoms with van der Waals surface area (Å²) in [7, 11) is 1.65. The maximum atomic E-state index is 13.5. The molecule has 4 heteroatoms. The molecule has 0 aliphatic heterocycles. The Morgan fingerprint density at radius 1 is 1.07 bits per heavy atom. The van der Waals surface area contributed by atoms with Crippen LogP contribution in [-0.2, 0) is 15.1 Å². The van der Waals surface area contributed by atoms with Gasteiger partial charge in [0.25, 0.3) is 0 Å². The Kier molecular flexibility index (Phi) is 6.61. The summed E-state index contributed by atoms with van der Waals surface area (Å²) in [6.07, 6.45) is 5.35. The first-order valence-electron chi connectivity index (χ1n) is 10.2. The van der Waals surface area contributed by atoms with Crippen LogP contribution in [-0.4, -0.2) is 19.2 Å². The Morgan fingerprint density at radius 3 is 2.29 bits per heavy atom. The van der Waals surface area contributed by atoms with Crippen LogP contribution in [0.3, 0.4) is 0 Å². The third-order valence-corrected chi connectivity index (χ3v) is 5.48. The zero-order valence-electron chi connectivity index (χ0n) is 17.1. The number of nitrogens with one attached hydrogen (secondary N) is 1. The summed E-state index contributed by atoms with van der Waals surface area (Å²) >= 11 is 0. The van der Waals surface area contributed by atoms with Gasteiger partial charge in [-0.1, -0.05) is 56.0 Å². The highest BCUT2D eigenvalue weighted by atomic mass is 16.5. The van der Waals surface area contributed by atoms with Crippen molar-refractivity contribution < 1.29 is 14.3 Å². The lowest BCUT2D eigenvalue weighted by Crippen LogP contribution is -2.47. The smallest absolute Gasteiger partial charge is 0.336 e. The van der Waals surface area contributed by atoms with Crippen molar-refractivity contribution in [3.63, 3.8) is 0 Å². The zero-order chi connectivity index (χ0) is 20.0. The first-order valence-corrected chi connectivity index (χ1v) is 10.2. The molecule has 4 nitrogen and oxygen atoms in total. The zero-order valence-corrected chi connectivity index (χ0v) is 17.1. The molecule has 1 aliphatic rings. The third-order valence-electron chi connectivity index (χ3n) is 5.48. The van der Waals surface area contributed by atoms with E-state index in [-0.39, 0.29) is 12.1 Å². The summed E-state index contributed by atoms with van der Waals surface area (Å²) in [5.74, 6) is 1.08. The number of methoxy groups -OCH3 is 1. The lowest BCUT2D eigenvalue weighted by molar-refractivity contribution is -0.154. The molecule has 1 aliphatic carbocycles. The standard InChI is InChI=1S/C24H31NO3/c1-18(2)28-23(26)24(17-19-9-7-8-10-19,20-11-5-4-6-12-20)25-21-13-15-22(27-3)16-14-21/h4-6,11-16,18-19,25H,7-10,17H2,1-3H3/t24-/m0/s1. The fourth-order valence-corrected chi connectivity index (χ4v) is 4.10. The van der Waals surface area contributed by atoms with Crippen molar-refractivity contribution in [2.75, 3.05) is 12.4 Å². The van der Waals surface area contributed by atoms with Gasteiger partial charge in [-0.2, -0.15) is 0 Å². The van der Waals surface area contributed by atoms with Crippen LogP contribution in [0.15, 0.2) is 54.6 Å². The van der Waals surface area contributed by atoms with Crippen LogP contribution >= 0.6 is 0 Å². The molecule has 0 bridgehead atoms. The quantitative estimate of drug-likeness (QED) is 0.610. The molecule has 3 rings (SSSR count). The molecule has 1 saturated carbocycles. The topological polar surface area (TPSA) is 47.6 Å². The number of esters is 1. The van der Waals surface area contributed by atoms with Gasteiger partial charge in [0, 0.05) is 5.69 Å². The van der Waals surface area contributed by atoms with Crippen LogP contribution in [0, 0.1) is 5.92 Å². The minimum atomic E-state index is -0.908. The molecule has 0 unspecified atom stereocenters. The van der Waals surface area contributed by atoms with E-state index in [1.165, 1.54) is 12.8 Å². The number of benzene rings is 2. The van der Waals surface area contributed by atoms with Crippen LogP contribution in [0.25, 0.3) is 0 Å². The van der Waals surface area contributed by atoms with Crippen LogP contribution in [0.4, 0.5) is 5.69 Å². The monoisotopic (exact) mass is 381 g/mol. The molecule has 0 heterocycles. The lowest BCUT2D eigenvalue weighted by Gasteiger charge is -2.36. The van der Waals surface area contributed by atoms with Gasteiger partial charge in [-0.25, -0.2) is 4.79 Å². The van der Waals surface area contributed by atoms with Crippen molar-refractivity contribution >= 4 is 11.7 Å². The number of carbonyl (C=O) groups is 1. The molecule has 0 spiro atoms. The van der Waals surface area contributed by atoms with Crippen molar-refractivity contribution in [1.29, 1.82) is 0 Å². The Bertz CT molecular complexity index is 751. The second-order valence-corrected chi connectivity index (χ2v) is 7.93. The number of hydrogen-bond acceptors (Lipinski definition) is 4. The summed E-state index contributed by atoms with van der Waals surface area (Å²) in [5, 5.41) is 3.56. The first kappa shape index (κ1) is 20.2. The molecule has 0 amide bonds.